The molecule has 1 aliphatic heterocycles. The van der Waals surface area contributed by atoms with E-state index in [1.165, 1.54) is 0 Å². The molecule has 1 aromatic rings. The SMILES string of the molecule is N#CCC1COC(c2ccc(O)cc2)O1. The van der Waals surface area contributed by atoms with Crippen LogP contribution in [0.2, 0.25) is 0 Å². The van der Waals surface area contributed by atoms with Gasteiger partial charge in [-0.15, -0.1) is 0 Å². The molecule has 2 atom stereocenters. The maximum atomic E-state index is 9.11. The number of aromatic hydroxyl groups is 1. The van der Waals surface area contributed by atoms with E-state index in [9.17, 15) is 0 Å². The number of phenols is 1. The van der Waals surface area contributed by atoms with E-state index in [0.29, 0.717) is 13.0 Å². The van der Waals surface area contributed by atoms with Crippen molar-refractivity contribution in [3.63, 3.8) is 0 Å². The number of hydrogen-bond donors (Lipinski definition) is 1. The first-order valence-corrected chi connectivity index (χ1v) is 4.72. The fraction of sp³-hybridized carbons (Fsp3) is 0.364. The summed E-state index contributed by atoms with van der Waals surface area (Å²) in [6.07, 6.45) is -0.216. The largest absolute Gasteiger partial charge is 0.508 e. The van der Waals surface area contributed by atoms with Gasteiger partial charge in [0, 0.05) is 5.56 Å². The van der Waals surface area contributed by atoms with Gasteiger partial charge in [0.25, 0.3) is 0 Å². The van der Waals surface area contributed by atoms with Gasteiger partial charge in [0.05, 0.1) is 25.2 Å². The molecule has 0 saturated carbocycles. The molecule has 15 heavy (non-hydrogen) atoms. The number of nitriles is 1. The average Bonchev–Trinajstić information content (AvgIpc) is 2.68. The van der Waals surface area contributed by atoms with Crippen LogP contribution in [0.3, 0.4) is 0 Å². The van der Waals surface area contributed by atoms with Gasteiger partial charge in [-0.3, -0.25) is 0 Å². The highest BCUT2D eigenvalue weighted by molar-refractivity contribution is 5.26. The molecule has 0 aliphatic carbocycles. The summed E-state index contributed by atoms with van der Waals surface area (Å²) in [7, 11) is 0. The molecule has 1 aliphatic rings. The van der Waals surface area contributed by atoms with E-state index in [1.807, 2.05) is 6.07 Å². The standard InChI is InChI=1S/C11H11NO3/c12-6-5-10-7-14-11(15-10)8-1-3-9(13)4-2-8/h1-4,10-11,13H,5,7H2. The van der Waals surface area contributed by atoms with E-state index in [2.05, 4.69) is 0 Å². The first kappa shape index (κ1) is 9.97. The molecule has 0 aromatic heterocycles. The van der Waals surface area contributed by atoms with Gasteiger partial charge < -0.3 is 14.6 Å². The maximum Gasteiger partial charge on any atom is 0.184 e. The lowest BCUT2D eigenvalue weighted by Crippen LogP contribution is -2.07. The van der Waals surface area contributed by atoms with Crippen molar-refractivity contribution < 1.29 is 14.6 Å². The highest BCUT2D eigenvalue weighted by Crippen LogP contribution is 2.28. The zero-order valence-electron chi connectivity index (χ0n) is 8.09. The Balaban J connectivity index is 2.02. The van der Waals surface area contributed by atoms with Crippen molar-refractivity contribution >= 4 is 0 Å². The Bertz CT molecular complexity index is 368. The summed E-state index contributed by atoms with van der Waals surface area (Å²) in [5.41, 5.74) is 0.855. The Morgan fingerprint density at radius 3 is 2.80 bits per heavy atom. The average molecular weight is 205 g/mol. The fourth-order valence-electron chi connectivity index (χ4n) is 1.46. The molecule has 0 bridgehead atoms. The van der Waals surface area contributed by atoms with Gasteiger partial charge in [-0.05, 0) is 12.1 Å². The highest BCUT2D eigenvalue weighted by Gasteiger charge is 2.26. The van der Waals surface area contributed by atoms with E-state index in [0.717, 1.165) is 5.56 Å². The quantitative estimate of drug-likeness (QED) is 0.798. The third-order valence-corrected chi connectivity index (χ3v) is 2.23. The van der Waals surface area contributed by atoms with Crippen molar-refractivity contribution in [3.8, 4) is 11.8 Å². The van der Waals surface area contributed by atoms with Crippen LogP contribution in [-0.4, -0.2) is 17.8 Å². The minimum Gasteiger partial charge on any atom is -0.508 e. The number of hydrogen-bond acceptors (Lipinski definition) is 4. The van der Waals surface area contributed by atoms with Gasteiger partial charge in [-0.1, -0.05) is 12.1 Å². The normalized spacial score (nSPS) is 25.0. The summed E-state index contributed by atoms with van der Waals surface area (Å²) in [6, 6.07) is 8.70. The van der Waals surface area contributed by atoms with E-state index < -0.39 is 6.29 Å². The number of rotatable bonds is 2. The topological polar surface area (TPSA) is 62.5 Å². The van der Waals surface area contributed by atoms with Crippen LogP contribution in [-0.2, 0) is 9.47 Å². The number of benzene rings is 1. The van der Waals surface area contributed by atoms with E-state index >= 15 is 0 Å². The van der Waals surface area contributed by atoms with Crippen LogP contribution >= 0.6 is 0 Å². The number of nitrogens with zero attached hydrogens (tertiary/aromatic N) is 1. The molecule has 4 nitrogen and oxygen atoms in total. The van der Waals surface area contributed by atoms with Crippen molar-refractivity contribution in [1.82, 2.24) is 0 Å². The lowest BCUT2D eigenvalue weighted by molar-refractivity contribution is -0.0592. The molecule has 0 spiro atoms. The van der Waals surface area contributed by atoms with Gasteiger partial charge in [0.15, 0.2) is 6.29 Å². The third-order valence-electron chi connectivity index (χ3n) is 2.23. The highest BCUT2D eigenvalue weighted by atomic mass is 16.7. The minimum absolute atomic E-state index is 0.145. The van der Waals surface area contributed by atoms with Crippen molar-refractivity contribution in [1.29, 1.82) is 5.26 Å². The lowest BCUT2D eigenvalue weighted by Gasteiger charge is -2.10. The van der Waals surface area contributed by atoms with E-state index in [4.69, 9.17) is 19.8 Å². The van der Waals surface area contributed by atoms with Gasteiger partial charge in [0.1, 0.15) is 5.75 Å². The van der Waals surface area contributed by atoms with Crippen LogP contribution in [0.5, 0.6) is 5.75 Å². The van der Waals surface area contributed by atoms with Gasteiger partial charge >= 0.3 is 0 Å². The van der Waals surface area contributed by atoms with Crippen LogP contribution < -0.4 is 0 Å². The predicted octanol–water partition coefficient (Wildman–Crippen LogP) is 1.72. The Kier molecular flexibility index (Phi) is 2.86. The second-order valence-electron chi connectivity index (χ2n) is 3.38. The first-order valence-electron chi connectivity index (χ1n) is 4.72. The van der Waals surface area contributed by atoms with Crippen LogP contribution in [0, 0.1) is 11.3 Å². The monoisotopic (exact) mass is 205 g/mol. The summed E-state index contributed by atoms with van der Waals surface area (Å²) in [4.78, 5) is 0. The molecule has 78 valence electrons. The molecule has 1 heterocycles. The summed E-state index contributed by atoms with van der Waals surface area (Å²) in [5, 5.41) is 17.6. The van der Waals surface area contributed by atoms with Gasteiger partial charge in [-0.2, -0.15) is 5.26 Å². The van der Waals surface area contributed by atoms with Gasteiger partial charge in [0.2, 0.25) is 0 Å². The van der Waals surface area contributed by atoms with Crippen LogP contribution in [0.4, 0.5) is 0 Å². The summed E-state index contributed by atoms with van der Waals surface area (Å²) < 4.78 is 10.9. The van der Waals surface area contributed by atoms with Crippen molar-refractivity contribution in [2.75, 3.05) is 6.61 Å². The van der Waals surface area contributed by atoms with Crippen molar-refractivity contribution in [2.24, 2.45) is 0 Å². The van der Waals surface area contributed by atoms with Crippen molar-refractivity contribution in [3.05, 3.63) is 29.8 Å². The maximum absolute atomic E-state index is 9.11. The molecule has 0 amide bonds. The molecule has 1 N–H and O–H groups in total. The molecule has 2 unspecified atom stereocenters. The second-order valence-corrected chi connectivity index (χ2v) is 3.38. The molecule has 1 saturated heterocycles. The Hall–Kier alpha value is -1.57. The molecular weight excluding hydrogens is 194 g/mol. The summed E-state index contributed by atoms with van der Waals surface area (Å²) in [6.45, 7) is 0.444. The zero-order chi connectivity index (χ0) is 10.7. The van der Waals surface area contributed by atoms with E-state index in [-0.39, 0.29) is 11.9 Å². The smallest absolute Gasteiger partial charge is 0.184 e. The second kappa shape index (κ2) is 4.30. The molecular formula is C11H11NO3. The fourth-order valence-corrected chi connectivity index (χ4v) is 1.46. The van der Waals surface area contributed by atoms with Crippen LogP contribution in [0.15, 0.2) is 24.3 Å². The van der Waals surface area contributed by atoms with Gasteiger partial charge in [-0.25, -0.2) is 0 Å². The third kappa shape index (κ3) is 2.27. The van der Waals surface area contributed by atoms with E-state index in [1.54, 1.807) is 24.3 Å². The minimum atomic E-state index is -0.413. The Morgan fingerprint density at radius 2 is 2.13 bits per heavy atom. The van der Waals surface area contributed by atoms with Crippen LogP contribution in [0.25, 0.3) is 0 Å². The summed E-state index contributed by atoms with van der Waals surface area (Å²) in [5.74, 6) is 0.213. The molecule has 1 fully saturated rings. The Labute approximate surface area is 87.7 Å². The lowest BCUT2D eigenvalue weighted by atomic mass is 10.2. The molecule has 4 heteroatoms. The van der Waals surface area contributed by atoms with Crippen molar-refractivity contribution in [2.45, 2.75) is 18.8 Å². The molecule has 2 rings (SSSR count). The molecule has 1 aromatic carbocycles. The zero-order valence-corrected chi connectivity index (χ0v) is 8.09. The van der Waals surface area contributed by atoms with Crippen LogP contribution in [0.1, 0.15) is 18.3 Å². The Morgan fingerprint density at radius 1 is 1.40 bits per heavy atom. The predicted molar refractivity (Wildman–Crippen MR) is 51.9 cm³/mol. The number of phenolic OH excluding ortho intramolecular Hbond substituents is 1. The number of ether oxygens (including phenoxy) is 2. The first-order chi connectivity index (χ1) is 7.29. The molecule has 0 radical (unpaired) electrons. The summed E-state index contributed by atoms with van der Waals surface area (Å²) >= 11 is 0.